The molecule has 0 amide bonds. The Labute approximate surface area is 132 Å². The monoisotopic (exact) mass is 313 g/mol. The summed E-state index contributed by atoms with van der Waals surface area (Å²) in [5.74, 6) is 1.46. The molecular formula is C15H27N3O4. The summed E-state index contributed by atoms with van der Waals surface area (Å²) in [6.07, 6.45) is 3.86. The van der Waals surface area contributed by atoms with E-state index in [2.05, 4.69) is 26.5 Å². The summed E-state index contributed by atoms with van der Waals surface area (Å²) in [5, 5.41) is 6.89. The van der Waals surface area contributed by atoms with Crippen LogP contribution in [0.3, 0.4) is 0 Å². The molecule has 1 aliphatic rings. The largest absolute Gasteiger partial charge is 0.483 e. The van der Waals surface area contributed by atoms with Crippen LogP contribution in [0.1, 0.15) is 38.1 Å². The Morgan fingerprint density at radius 1 is 1.32 bits per heavy atom. The van der Waals surface area contributed by atoms with Crippen molar-refractivity contribution in [3.05, 3.63) is 18.0 Å². The summed E-state index contributed by atoms with van der Waals surface area (Å²) in [5.41, 5.74) is 0.525. The Kier molecular flexibility index (Phi) is 15.6. The number of hydrogen-bond acceptors (Lipinski definition) is 6. The number of carboxylic acid groups (broad SMARTS) is 1. The molecule has 0 unspecified atom stereocenters. The summed E-state index contributed by atoms with van der Waals surface area (Å²) in [6.45, 7) is 10.7. The lowest BCUT2D eigenvalue weighted by atomic mass is 10.0. The van der Waals surface area contributed by atoms with Gasteiger partial charge in [0.15, 0.2) is 6.29 Å². The van der Waals surface area contributed by atoms with Gasteiger partial charge < -0.3 is 14.7 Å². The molecule has 1 aromatic rings. The number of carbonyl (C=O) groups is 2. The average molecular weight is 313 g/mol. The molecule has 1 N–H and O–H groups in total. The number of hydrogen-bond donors (Lipinski definition) is 1. The zero-order valence-electron chi connectivity index (χ0n) is 14.0. The highest BCUT2D eigenvalue weighted by atomic mass is 16.5. The molecule has 0 aliphatic carbocycles. The zero-order valence-corrected chi connectivity index (χ0v) is 14.0. The molecule has 1 saturated heterocycles. The molecule has 2 heterocycles. The van der Waals surface area contributed by atoms with E-state index in [9.17, 15) is 4.79 Å². The maximum absolute atomic E-state index is 10.3. The number of ether oxygens (including phenoxy) is 1. The van der Waals surface area contributed by atoms with Crippen LogP contribution in [0.2, 0.25) is 0 Å². The number of methoxy groups -OCH3 is 1. The van der Waals surface area contributed by atoms with E-state index in [4.69, 9.17) is 9.90 Å². The number of rotatable bonds is 3. The van der Waals surface area contributed by atoms with Crippen LogP contribution >= 0.6 is 0 Å². The first-order valence-electron chi connectivity index (χ1n) is 7.21. The van der Waals surface area contributed by atoms with Gasteiger partial charge in [-0.15, -0.1) is 0 Å². The SMILES string of the molecule is CC.CC1CN(c2ncc(C=O)cn2)C1.CCOC.O=CO. The first-order valence-corrected chi connectivity index (χ1v) is 7.21. The van der Waals surface area contributed by atoms with Gasteiger partial charge in [0.25, 0.3) is 6.47 Å². The summed E-state index contributed by atoms with van der Waals surface area (Å²) in [6, 6.07) is 0. The standard InChI is InChI=1S/C9H11N3O.C3H8O.C2H6.CH2O2/c1-7-4-12(5-7)9-10-2-8(6-13)3-11-9;1-3-4-2;1-2;2-1-3/h2-3,6-7H,4-5H2,1H3;3H2,1-2H3;1-2H3;1H,(H,2,3). The van der Waals surface area contributed by atoms with Crippen LogP contribution in [0, 0.1) is 5.92 Å². The normalized spacial score (nSPS) is 12.1. The lowest BCUT2D eigenvalue weighted by Gasteiger charge is -2.36. The van der Waals surface area contributed by atoms with E-state index in [0.717, 1.165) is 37.8 Å². The first kappa shape index (κ1) is 22.3. The van der Waals surface area contributed by atoms with Crippen molar-refractivity contribution in [2.24, 2.45) is 5.92 Å². The molecule has 126 valence electrons. The first-order chi connectivity index (χ1) is 10.6. The highest BCUT2D eigenvalue weighted by Gasteiger charge is 2.24. The molecule has 1 aliphatic heterocycles. The van der Waals surface area contributed by atoms with Crippen LogP contribution in [0.25, 0.3) is 0 Å². The fraction of sp³-hybridized carbons (Fsp3) is 0.600. The maximum Gasteiger partial charge on any atom is 0.290 e. The third-order valence-electron chi connectivity index (χ3n) is 2.43. The number of aromatic nitrogens is 2. The molecule has 0 aromatic carbocycles. The number of aldehydes is 1. The molecule has 22 heavy (non-hydrogen) atoms. The highest BCUT2D eigenvalue weighted by Crippen LogP contribution is 2.19. The van der Waals surface area contributed by atoms with Crippen LogP contribution in [0.5, 0.6) is 0 Å². The minimum Gasteiger partial charge on any atom is -0.483 e. The van der Waals surface area contributed by atoms with E-state index in [-0.39, 0.29) is 6.47 Å². The lowest BCUT2D eigenvalue weighted by molar-refractivity contribution is -0.122. The fourth-order valence-electron chi connectivity index (χ4n) is 1.42. The average Bonchev–Trinajstić information content (AvgIpc) is 2.55. The summed E-state index contributed by atoms with van der Waals surface area (Å²) in [4.78, 5) is 29.0. The molecule has 1 fully saturated rings. The Bertz CT molecular complexity index is 377. The summed E-state index contributed by atoms with van der Waals surface area (Å²) in [7, 11) is 1.68. The second-order valence-corrected chi connectivity index (χ2v) is 4.13. The molecule has 7 nitrogen and oxygen atoms in total. The topological polar surface area (TPSA) is 92.6 Å². The van der Waals surface area contributed by atoms with Gasteiger partial charge in [-0.2, -0.15) is 0 Å². The zero-order chi connectivity index (χ0) is 17.4. The minimum atomic E-state index is -0.250. The Morgan fingerprint density at radius 2 is 1.73 bits per heavy atom. The van der Waals surface area contributed by atoms with Crippen molar-refractivity contribution >= 4 is 18.7 Å². The van der Waals surface area contributed by atoms with Crippen molar-refractivity contribution in [3.8, 4) is 0 Å². The van der Waals surface area contributed by atoms with Gasteiger partial charge in [-0.25, -0.2) is 9.97 Å². The molecule has 1 aromatic heterocycles. The van der Waals surface area contributed by atoms with Gasteiger partial charge in [-0.1, -0.05) is 20.8 Å². The van der Waals surface area contributed by atoms with Gasteiger partial charge in [-0.3, -0.25) is 9.59 Å². The van der Waals surface area contributed by atoms with Gasteiger partial charge in [0.1, 0.15) is 0 Å². The molecule has 0 spiro atoms. The predicted octanol–water partition coefficient (Wildman–Crippen LogP) is 2.12. The van der Waals surface area contributed by atoms with Crippen LogP contribution in [-0.2, 0) is 9.53 Å². The van der Waals surface area contributed by atoms with Crippen molar-refractivity contribution in [1.82, 2.24) is 9.97 Å². The number of anilines is 1. The van der Waals surface area contributed by atoms with Crippen molar-refractivity contribution in [1.29, 1.82) is 0 Å². The van der Waals surface area contributed by atoms with Crippen molar-refractivity contribution in [3.63, 3.8) is 0 Å². The third-order valence-corrected chi connectivity index (χ3v) is 2.43. The number of nitrogens with zero attached hydrogens (tertiary/aromatic N) is 3. The molecule has 0 atom stereocenters. The lowest BCUT2D eigenvalue weighted by Crippen LogP contribution is -2.46. The Morgan fingerprint density at radius 3 is 2.00 bits per heavy atom. The van der Waals surface area contributed by atoms with Gasteiger partial charge in [0.2, 0.25) is 5.95 Å². The van der Waals surface area contributed by atoms with E-state index in [0.29, 0.717) is 5.56 Å². The molecule has 0 bridgehead atoms. The van der Waals surface area contributed by atoms with Crippen LogP contribution in [0.15, 0.2) is 12.4 Å². The maximum atomic E-state index is 10.3. The molecule has 7 heteroatoms. The van der Waals surface area contributed by atoms with Gasteiger partial charge in [0, 0.05) is 39.2 Å². The molecule has 0 saturated carbocycles. The summed E-state index contributed by atoms with van der Waals surface area (Å²) < 4.78 is 4.54. The molecule has 2 rings (SSSR count). The van der Waals surface area contributed by atoms with Crippen LogP contribution in [-0.4, -0.2) is 54.6 Å². The van der Waals surface area contributed by atoms with E-state index in [1.54, 1.807) is 19.5 Å². The third kappa shape index (κ3) is 9.82. The second kappa shape index (κ2) is 15.4. The minimum absolute atomic E-state index is 0.250. The summed E-state index contributed by atoms with van der Waals surface area (Å²) >= 11 is 0. The number of carbonyl (C=O) groups excluding carboxylic acids is 1. The quantitative estimate of drug-likeness (QED) is 0.854. The van der Waals surface area contributed by atoms with Crippen molar-refractivity contribution < 1.29 is 19.4 Å². The fourth-order valence-corrected chi connectivity index (χ4v) is 1.42. The highest BCUT2D eigenvalue weighted by molar-refractivity contribution is 5.73. The molecular weight excluding hydrogens is 286 g/mol. The van der Waals surface area contributed by atoms with E-state index in [1.165, 1.54) is 0 Å². The van der Waals surface area contributed by atoms with E-state index in [1.807, 2.05) is 20.8 Å². The molecule has 0 radical (unpaired) electrons. The van der Waals surface area contributed by atoms with Crippen LogP contribution in [0.4, 0.5) is 5.95 Å². The van der Waals surface area contributed by atoms with Crippen molar-refractivity contribution in [2.75, 3.05) is 31.7 Å². The smallest absolute Gasteiger partial charge is 0.290 e. The van der Waals surface area contributed by atoms with E-state index >= 15 is 0 Å². The van der Waals surface area contributed by atoms with Crippen LogP contribution < -0.4 is 4.90 Å². The van der Waals surface area contributed by atoms with Gasteiger partial charge in [0.05, 0.1) is 5.56 Å². The van der Waals surface area contributed by atoms with Gasteiger partial charge in [-0.05, 0) is 12.8 Å². The second-order valence-electron chi connectivity index (χ2n) is 4.13. The Balaban J connectivity index is 0. The predicted molar refractivity (Wildman–Crippen MR) is 86.4 cm³/mol. The van der Waals surface area contributed by atoms with E-state index < -0.39 is 0 Å². The van der Waals surface area contributed by atoms with Crippen molar-refractivity contribution in [2.45, 2.75) is 27.7 Å². The Hall–Kier alpha value is -2.02. The van der Waals surface area contributed by atoms with Gasteiger partial charge >= 0.3 is 0 Å².